The monoisotopic (exact) mass is 453 g/mol. The number of hydrogen-bond donors (Lipinski definition) is 1. The van der Waals surface area contributed by atoms with E-state index in [1.54, 1.807) is 29.0 Å². The van der Waals surface area contributed by atoms with Gasteiger partial charge in [-0.1, -0.05) is 18.2 Å². The molecule has 4 aromatic rings. The van der Waals surface area contributed by atoms with Crippen LogP contribution in [0.4, 0.5) is 4.39 Å². The van der Waals surface area contributed by atoms with Crippen molar-refractivity contribution in [2.75, 3.05) is 13.6 Å². The van der Waals surface area contributed by atoms with Gasteiger partial charge in [-0.25, -0.2) is 4.39 Å². The molecule has 5 nitrogen and oxygen atoms in total. The summed E-state index contributed by atoms with van der Waals surface area (Å²) < 4.78 is 18.2. The maximum atomic E-state index is 14.4. The second-order valence-corrected chi connectivity index (χ2v) is 8.27. The molecule has 2 aromatic carbocycles. The Balaban J connectivity index is 0.00000245. The zero-order chi connectivity index (χ0) is 21.7. The number of rotatable bonds is 3. The quantitative estimate of drug-likeness (QED) is 0.509. The van der Waals surface area contributed by atoms with Crippen LogP contribution >= 0.6 is 12.4 Å². The van der Waals surface area contributed by atoms with Crippen LogP contribution in [0.25, 0.3) is 27.7 Å². The van der Waals surface area contributed by atoms with Gasteiger partial charge in [0.05, 0.1) is 17.8 Å². The first-order valence-electron chi connectivity index (χ1n) is 10.4. The summed E-state index contributed by atoms with van der Waals surface area (Å²) in [6.07, 6.45) is 2.71. The minimum atomic E-state index is -0.454. The van der Waals surface area contributed by atoms with Gasteiger partial charge in [0.15, 0.2) is 0 Å². The Morgan fingerprint density at radius 2 is 1.88 bits per heavy atom. The van der Waals surface area contributed by atoms with E-state index in [4.69, 9.17) is 5.11 Å². The van der Waals surface area contributed by atoms with Crippen molar-refractivity contribution in [3.63, 3.8) is 0 Å². The molecule has 32 heavy (non-hydrogen) atoms. The third kappa shape index (κ3) is 3.64. The largest absolute Gasteiger partial charge is 0.392 e. The van der Waals surface area contributed by atoms with Crippen molar-refractivity contribution in [1.29, 1.82) is 0 Å². The molecule has 7 heteroatoms. The second-order valence-electron chi connectivity index (χ2n) is 8.27. The molecule has 0 amide bonds. The average molecular weight is 454 g/mol. The third-order valence-electron chi connectivity index (χ3n) is 6.31. The van der Waals surface area contributed by atoms with Crippen molar-refractivity contribution in [2.45, 2.75) is 19.6 Å². The molecule has 0 saturated heterocycles. The van der Waals surface area contributed by atoms with Crippen molar-refractivity contribution in [1.82, 2.24) is 14.0 Å². The summed E-state index contributed by atoms with van der Waals surface area (Å²) in [5.74, 6) is -0.454. The summed E-state index contributed by atoms with van der Waals surface area (Å²) in [5.41, 5.74) is 5.75. The molecule has 1 aliphatic rings. The van der Waals surface area contributed by atoms with E-state index in [-0.39, 0.29) is 24.6 Å². The topological polar surface area (TPSA) is 50.4 Å². The van der Waals surface area contributed by atoms with Crippen LogP contribution < -0.4 is 5.56 Å². The van der Waals surface area contributed by atoms with E-state index in [2.05, 4.69) is 29.6 Å². The minimum absolute atomic E-state index is 0. The summed E-state index contributed by atoms with van der Waals surface area (Å²) in [6, 6.07) is 13.9. The highest BCUT2D eigenvalue weighted by molar-refractivity contribution is 5.87. The number of fused-ring (bicyclic) bond motifs is 3. The SMILES string of the molecule is CN1CCc2c(n(C)c3cc(-n4ccc(-c5ccc(CO)cc5F)cc4=O)ccc23)C1.Cl. The first kappa shape index (κ1) is 22.3. The van der Waals surface area contributed by atoms with Gasteiger partial charge in [0.25, 0.3) is 5.56 Å². The van der Waals surface area contributed by atoms with E-state index in [0.717, 1.165) is 30.7 Å². The van der Waals surface area contributed by atoms with Gasteiger partial charge in [0, 0.05) is 49.0 Å². The molecular formula is C25H25ClFN3O2. The molecule has 166 valence electrons. The number of aliphatic hydroxyl groups excluding tert-OH is 1. The van der Waals surface area contributed by atoms with Gasteiger partial charge >= 0.3 is 0 Å². The van der Waals surface area contributed by atoms with Gasteiger partial charge in [0.1, 0.15) is 5.82 Å². The van der Waals surface area contributed by atoms with Gasteiger partial charge in [-0.15, -0.1) is 12.4 Å². The van der Waals surface area contributed by atoms with E-state index in [9.17, 15) is 9.18 Å². The lowest BCUT2D eigenvalue weighted by Gasteiger charge is -2.23. The standard InChI is InChI=1S/C25H24FN3O2.ClH/c1-27-9-8-21-20-6-4-18(13-23(20)28(2)24(21)14-27)29-10-7-17(12-25(29)31)19-5-3-16(15-30)11-22(19)26;/h3-7,10-13,30H,8-9,14-15H2,1-2H3;1H. The van der Waals surface area contributed by atoms with Crippen LogP contribution in [-0.2, 0) is 26.6 Å². The lowest BCUT2D eigenvalue weighted by atomic mass is 10.0. The van der Waals surface area contributed by atoms with Gasteiger partial charge in [-0.3, -0.25) is 9.36 Å². The van der Waals surface area contributed by atoms with Crippen LogP contribution in [-0.4, -0.2) is 32.7 Å². The molecule has 0 radical (unpaired) electrons. The minimum Gasteiger partial charge on any atom is -0.392 e. The molecule has 1 aliphatic heterocycles. The van der Waals surface area contributed by atoms with Gasteiger partial charge in [-0.05, 0) is 54.4 Å². The molecule has 0 spiro atoms. The fraction of sp³-hybridized carbons (Fsp3) is 0.240. The Morgan fingerprint density at radius 1 is 1.06 bits per heavy atom. The van der Waals surface area contributed by atoms with Crippen molar-refractivity contribution in [3.8, 4) is 16.8 Å². The summed E-state index contributed by atoms with van der Waals surface area (Å²) in [4.78, 5) is 15.2. The molecule has 0 bridgehead atoms. The molecule has 0 aliphatic carbocycles. The average Bonchev–Trinajstić information content (AvgIpc) is 3.04. The summed E-state index contributed by atoms with van der Waals surface area (Å²) >= 11 is 0. The normalized spacial score (nSPS) is 13.8. The van der Waals surface area contributed by atoms with Crippen LogP contribution in [0.1, 0.15) is 16.8 Å². The van der Waals surface area contributed by atoms with Crippen LogP contribution in [0.2, 0.25) is 0 Å². The number of halogens is 2. The van der Waals surface area contributed by atoms with Crippen LogP contribution in [0.5, 0.6) is 0 Å². The van der Waals surface area contributed by atoms with Crippen LogP contribution in [0, 0.1) is 5.82 Å². The molecule has 0 unspecified atom stereocenters. The summed E-state index contributed by atoms with van der Waals surface area (Å²) in [7, 11) is 4.21. The molecule has 2 aromatic heterocycles. The number of aromatic nitrogens is 2. The molecule has 0 atom stereocenters. The number of nitrogens with zero attached hydrogens (tertiary/aromatic N) is 3. The Morgan fingerprint density at radius 3 is 2.59 bits per heavy atom. The number of hydrogen-bond acceptors (Lipinski definition) is 3. The second kappa shape index (κ2) is 8.54. The van der Waals surface area contributed by atoms with E-state index < -0.39 is 5.82 Å². The maximum Gasteiger partial charge on any atom is 0.255 e. The van der Waals surface area contributed by atoms with Gasteiger partial charge in [0.2, 0.25) is 0 Å². The third-order valence-corrected chi connectivity index (χ3v) is 6.31. The lowest BCUT2D eigenvalue weighted by molar-refractivity contribution is 0.281. The van der Waals surface area contributed by atoms with Crippen molar-refractivity contribution >= 4 is 23.3 Å². The number of aliphatic hydroxyl groups is 1. The first-order chi connectivity index (χ1) is 15.0. The zero-order valence-corrected chi connectivity index (χ0v) is 18.8. The number of pyridine rings is 1. The fourth-order valence-electron chi connectivity index (χ4n) is 4.57. The van der Waals surface area contributed by atoms with Crippen molar-refractivity contribution in [3.05, 3.63) is 87.7 Å². The molecule has 0 saturated carbocycles. The van der Waals surface area contributed by atoms with E-state index in [0.29, 0.717) is 16.7 Å². The predicted molar refractivity (Wildman–Crippen MR) is 127 cm³/mol. The molecule has 5 rings (SSSR count). The van der Waals surface area contributed by atoms with E-state index >= 15 is 0 Å². The Bertz CT molecular complexity index is 1380. The van der Waals surface area contributed by atoms with Gasteiger partial charge < -0.3 is 14.6 Å². The molecular weight excluding hydrogens is 429 g/mol. The van der Waals surface area contributed by atoms with Gasteiger partial charge in [-0.2, -0.15) is 0 Å². The Kier molecular flexibility index (Phi) is 5.95. The van der Waals surface area contributed by atoms with Crippen LogP contribution in [0.15, 0.2) is 59.5 Å². The highest BCUT2D eigenvalue weighted by Crippen LogP contribution is 2.31. The van der Waals surface area contributed by atoms with Crippen molar-refractivity contribution in [2.24, 2.45) is 7.05 Å². The number of likely N-dealkylation sites (N-methyl/N-ethyl adjacent to an activating group) is 1. The van der Waals surface area contributed by atoms with E-state index in [1.807, 2.05) is 12.1 Å². The van der Waals surface area contributed by atoms with E-state index in [1.165, 1.54) is 28.8 Å². The van der Waals surface area contributed by atoms with Crippen molar-refractivity contribution < 1.29 is 9.50 Å². The highest BCUT2D eigenvalue weighted by Gasteiger charge is 2.21. The number of benzene rings is 2. The zero-order valence-electron chi connectivity index (χ0n) is 18.0. The Labute approximate surface area is 191 Å². The fourth-order valence-corrected chi connectivity index (χ4v) is 4.57. The summed E-state index contributed by atoms with van der Waals surface area (Å²) in [5, 5.41) is 10.4. The molecule has 1 N–H and O–H groups in total. The molecule has 3 heterocycles. The maximum absolute atomic E-state index is 14.4. The Hall–Kier alpha value is -2.93. The summed E-state index contributed by atoms with van der Waals surface area (Å²) in [6.45, 7) is 1.75. The number of aryl methyl sites for hydroxylation is 1. The highest BCUT2D eigenvalue weighted by atomic mass is 35.5. The smallest absolute Gasteiger partial charge is 0.255 e. The molecule has 0 fully saturated rings. The van der Waals surface area contributed by atoms with Crippen LogP contribution in [0.3, 0.4) is 0 Å². The first-order valence-corrected chi connectivity index (χ1v) is 10.4. The predicted octanol–water partition coefficient (Wildman–Crippen LogP) is 4.04. The lowest BCUT2D eigenvalue weighted by Crippen LogP contribution is -2.27.